The molecule has 6 rings (SSSR count). The summed E-state index contributed by atoms with van der Waals surface area (Å²) in [6.45, 7) is 6.80. The number of nitrogens with zero attached hydrogens (tertiary/aromatic N) is 2. The van der Waals surface area contributed by atoms with Crippen molar-refractivity contribution < 1.29 is 14.3 Å². The van der Waals surface area contributed by atoms with Crippen LogP contribution in [0.3, 0.4) is 0 Å². The van der Waals surface area contributed by atoms with Gasteiger partial charge in [0.2, 0.25) is 5.91 Å². The molecule has 1 saturated heterocycles. The van der Waals surface area contributed by atoms with Gasteiger partial charge in [-0.05, 0) is 93.4 Å². The lowest BCUT2D eigenvalue weighted by Crippen LogP contribution is -2.49. The molecule has 1 aromatic rings. The Balaban J connectivity index is 1.14. The molecular weight excluding hydrogens is 414 g/mol. The van der Waals surface area contributed by atoms with E-state index in [2.05, 4.69) is 16.8 Å². The Bertz CT molecular complexity index is 953. The number of fused-ring (bicyclic) bond motifs is 1. The highest BCUT2D eigenvalue weighted by molar-refractivity contribution is 6.01. The SMILES string of the molecule is C=C1CCC(N2Cc3cc(OC4CCCC4N(CC4CC4)CC4CC4)ccc3C2=O)C(=O)N1. The summed E-state index contributed by atoms with van der Waals surface area (Å²) in [6, 6.07) is 5.97. The fraction of sp³-hybridized carbons (Fsp3) is 0.630. The van der Waals surface area contributed by atoms with Crippen LogP contribution in [0.15, 0.2) is 30.5 Å². The minimum atomic E-state index is -0.419. The van der Waals surface area contributed by atoms with E-state index in [1.165, 1.54) is 51.6 Å². The maximum Gasteiger partial charge on any atom is 0.255 e. The van der Waals surface area contributed by atoms with E-state index in [1.807, 2.05) is 18.2 Å². The van der Waals surface area contributed by atoms with Gasteiger partial charge in [0.25, 0.3) is 5.91 Å². The van der Waals surface area contributed by atoms with Gasteiger partial charge in [-0.15, -0.1) is 0 Å². The largest absolute Gasteiger partial charge is 0.489 e. The van der Waals surface area contributed by atoms with Crippen molar-refractivity contribution in [3.63, 3.8) is 0 Å². The van der Waals surface area contributed by atoms with Crippen molar-refractivity contribution in [2.45, 2.75) is 82.5 Å². The predicted molar refractivity (Wildman–Crippen MR) is 126 cm³/mol. The van der Waals surface area contributed by atoms with Crippen LogP contribution >= 0.6 is 0 Å². The van der Waals surface area contributed by atoms with Gasteiger partial charge in [-0.1, -0.05) is 6.58 Å². The number of amides is 2. The summed E-state index contributed by atoms with van der Waals surface area (Å²) in [5.41, 5.74) is 2.41. The second-order valence-corrected chi connectivity index (χ2v) is 10.9. The highest BCUT2D eigenvalue weighted by atomic mass is 16.5. The average molecular weight is 450 g/mol. The molecule has 3 saturated carbocycles. The molecule has 2 heterocycles. The standard InChI is InChI=1S/C27H35N3O3/c1-17-5-12-24(26(31)28-17)30-16-20-13-21(10-11-22(20)27(30)32)33-25-4-2-3-23(25)29(14-18-6-7-18)15-19-8-9-19/h10-11,13,18-19,23-25H,1-9,12,14-16H2,(H,28,31). The first-order valence-corrected chi connectivity index (χ1v) is 12.9. The molecule has 3 aliphatic carbocycles. The van der Waals surface area contributed by atoms with Crippen LogP contribution < -0.4 is 10.1 Å². The number of hydrogen-bond donors (Lipinski definition) is 1. The number of hydrogen-bond acceptors (Lipinski definition) is 4. The maximum absolute atomic E-state index is 13.0. The van der Waals surface area contributed by atoms with Gasteiger partial charge in [0.05, 0.1) is 0 Å². The van der Waals surface area contributed by atoms with Crippen molar-refractivity contribution >= 4 is 11.8 Å². The number of allylic oxidation sites excluding steroid dienone is 1. The number of benzene rings is 1. The van der Waals surface area contributed by atoms with Crippen molar-refractivity contribution in [2.24, 2.45) is 11.8 Å². The molecule has 1 N–H and O–H groups in total. The lowest BCUT2D eigenvalue weighted by atomic mass is 10.0. The summed E-state index contributed by atoms with van der Waals surface area (Å²) in [5, 5.41) is 2.81. The molecule has 2 amide bonds. The summed E-state index contributed by atoms with van der Waals surface area (Å²) in [6.07, 6.45) is 10.7. The van der Waals surface area contributed by atoms with Crippen molar-refractivity contribution in [2.75, 3.05) is 13.1 Å². The number of nitrogens with one attached hydrogen (secondary N) is 1. The molecule has 3 unspecified atom stereocenters. The van der Waals surface area contributed by atoms with Gasteiger partial charge in [-0.2, -0.15) is 0 Å². The monoisotopic (exact) mass is 449 g/mol. The van der Waals surface area contributed by atoms with Crippen molar-refractivity contribution in [3.8, 4) is 5.75 Å². The zero-order chi connectivity index (χ0) is 22.5. The highest BCUT2D eigenvalue weighted by Crippen LogP contribution is 2.38. The van der Waals surface area contributed by atoms with Crippen LogP contribution in [0.2, 0.25) is 0 Å². The predicted octanol–water partition coefficient (Wildman–Crippen LogP) is 3.86. The third-order valence-corrected chi connectivity index (χ3v) is 8.16. The number of rotatable bonds is 8. The smallest absolute Gasteiger partial charge is 0.255 e. The topological polar surface area (TPSA) is 61.9 Å². The van der Waals surface area contributed by atoms with Gasteiger partial charge in [0.1, 0.15) is 17.9 Å². The molecule has 3 atom stereocenters. The number of carbonyl (C=O) groups is 2. The van der Waals surface area contributed by atoms with E-state index in [0.29, 0.717) is 31.0 Å². The Kier molecular flexibility index (Phi) is 5.44. The third kappa shape index (κ3) is 4.42. The van der Waals surface area contributed by atoms with Gasteiger partial charge in [-0.25, -0.2) is 0 Å². The molecular formula is C27H35N3O3. The molecule has 0 aromatic heterocycles. The molecule has 33 heavy (non-hydrogen) atoms. The summed E-state index contributed by atoms with van der Waals surface area (Å²) >= 11 is 0. The quantitative estimate of drug-likeness (QED) is 0.655. The molecule has 0 bridgehead atoms. The van der Waals surface area contributed by atoms with Crippen LogP contribution in [0, 0.1) is 11.8 Å². The molecule has 0 spiro atoms. The summed E-state index contributed by atoms with van der Waals surface area (Å²) < 4.78 is 6.59. The third-order valence-electron chi connectivity index (χ3n) is 8.16. The fourth-order valence-corrected chi connectivity index (χ4v) is 5.95. The van der Waals surface area contributed by atoms with E-state index in [0.717, 1.165) is 35.3 Å². The summed E-state index contributed by atoms with van der Waals surface area (Å²) in [4.78, 5) is 29.9. The van der Waals surface area contributed by atoms with Gasteiger partial charge in [0, 0.05) is 36.9 Å². The second kappa shape index (κ2) is 8.46. The van der Waals surface area contributed by atoms with Gasteiger partial charge >= 0.3 is 0 Å². The molecule has 6 heteroatoms. The first-order chi connectivity index (χ1) is 16.0. The first kappa shape index (κ1) is 21.2. The average Bonchev–Trinajstić information content (AvgIpc) is 3.71. The molecule has 176 valence electrons. The lowest BCUT2D eigenvalue weighted by molar-refractivity contribution is -0.126. The lowest BCUT2D eigenvalue weighted by Gasteiger charge is -2.33. The Morgan fingerprint density at radius 1 is 1.03 bits per heavy atom. The van der Waals surface area contributed by atoms with E-state index in [1.54, 1.807) is 4.90 Å². The highest BCUT2D eigenvalue weighted by Gasteiger charge is 2.40. The Morgan fingerprint density at radius 2 is 1.79 bits per heavy atom. The van der Waals surface area contributed by atoms with Crippen LogP contribution in [0.4, 0.5) is 0 Å². The van der Waals surface area contributed by atoms with E-state index < -0.39 is 6.04 Å². The van der Waals surface area contributed by atoms with Crippen LogP contribution in [0.1, 0.15) is 73.7 Å². The van der Waals surface area contributed by atoms with E-state index in [4.69, 9.17) is 4.74 Å². The molecule has 4 fully saturated rings. The Hall–Kier alpha value is -2.34. The zero-order valence-electron chi connectivity index (χ0n) is 19.4. The number of ether oxygens (including phenoxy) is 1. The first-order valence-electron chi connectivity index (χ1n) is 12.9. The van der Waals surface area contributed by atoms with Crippen molar-refractivity contribution in [1.29, 1.82) is 0 Å². The molecule has 5 aliphatic rings. The number of piperidine rings is 1. The van der Waals surface area contributed by atoms with E-state index >= 15 is 0 Å². The summed E-state index contributed by atoms with van der Waals surface area (Å²) in [5.74, 6) is 2.49. The molecule has 6 nitrogen and oxygen atoms in total. The molecule has 2 aliphatic heterocycles. The van der Waals surface area contributed by atoms with Crippen molar-refractivity contribution in [3.05, 3.63) is 41.6 Å². The van der Waals surface area contributed by atoms with Crippen LogP contribution in [0.25, 0.3) is 0 Å². The minimum Gasteiger partial charge on any atom is -0.489 e. The van der Waals surface area contributed by atoms with E-state index in [9.17, 15) is 9.59 Å². The summed E-state index contributed by atoms with van der Waals surface area (Å²) in [7, 11) is 0. The molecule has 1 aromatic carbocycles. The van der Waals surface area contributed by atoms with Crippen LogP contribution in [-0.4, -0.2) is 52.9 Å². The molecule has 0 radical (unpaired) electrons. The van der Waals surface area contributed by atoms with Gasteiger partial charge in [0.15, 0.2) is 0 Å². The number of carbonyl (C=O) groups excluding carboxylic acids is 2. The van der Waals surface area contributed by atoms with Crippen LogP contribution in [0.5, 0.6) is 5.75 Å². The minimum absolute atomic E-state index is 0.0528. The van der Waals surface area contributed by atoms with Crippen LogP contribution in [-0.2, 0) is 11.3 Å². The Labute approximate surface area is 196 Å². The van der Waals surface area contributed by atoms with Gasteiger partial charge in [-0.3, -0.25) is 14.5 Å². The Morgan fingerprint density at radius 3 is 2.48 bits per heavy atom. The van der Waals surface area contributed by atoms with E-state index in [-0.39, 0.29) is 17.9 Å². The van der Waals surface area contributed by atoms with Crippen molar-refractivity contribution in [1.82, 2.24) is 15.1 Å². The zero-order valence-corrected chi connectivity index (χ0v) is 19.4. The van der Waals surface area contributed by atoms with Gasteiger partial charge < -0.3 is 15.0 Å². The second-order valence-electron chi connectivity index (χ2n) is 10.9. The maximum atomic E-state index is 13.0. The normalized spacial score (nSPS) is 29.5. The fourth-order valence-electron chi connectivity index (χ4n) is 5.95.